The molecule has 0 aliphatic rings. The first kappa shape index (κ1) is 19.8. The fourth-order valence-corrected chi connectivity index (χ4v) is 3.02. The molecule has 0 fully saturated rings. The number of ketones is 1. The van der Waals surface area contributed by atoms with Crippen LogP contribution in [0.5, 0.6) is 5.75 Å². The lowest BCUT2D eigenvalue weighted by Crippen LogP contribution is -2.27. The van der Waals surface area contributed by atoms with Gasteiger partial charge >= 0.3 is 5.97 Å². The molecule has 26 heavy (non-hydrogen) atoms. The predicted octanol–water partition coefficient (Wildman–Crippen LogP) is 4.07. The average Bonchev–Trinajstić information content (AvgIpc) is 2.90. The first-order valence-corrected chi connectivity index (χ1v) is 8.51. The maximum atomic E-state index is 12.9. The summed E-state index contributed by atoms with van der Waals surface area (Å²) in [5.41, 5.74) is 3.49. The van der Waals surface area contributed by atoms with Crippen molar-refractivity contribution < 1.29 is 19.1 Å². The fraction of sp³-hybridized carbons (Fsp3) is 0.368. The van der Waals surface area contributed by atoms with E-state index >= 15 is 0 Å². The number of carbonyl (C=O) groups excluding carboxylic acids is 2. The van der Waals surface area contributed by atoms with Gasteiger partial charge in [-0.2, -0.15) is 0 Å². The van der Waals surface area contributed by atoms with Crippen molar-refractivity contribution in [1.82, 2.24) is 4.98 Å². The minimum absolute atomic E-state index is 0.171. The molecule has 2 N–H and O–H groups in total. The van der Waals surface area contributed by atoms with Gasteiger partial charge in [-0.1, -0.05) is 11.6 Å². The number of hydrogen-bond donors (Lipinski definition) is 2. The van der Waals surface area contributed by atoms with Crippen LogP contribution in [0.2, 0.25) is 5.02 Å². The zero-order chi connectivity index (χ0) is 19.6. The van der Waals surface area contributed by atoms with Crippen molar-refractivity contribution in [2.75, 3.05) is 19.5 Å². The summed E-state index contributed by atoms with van der Waals surface area (Å²) in [6.07, 6.45) is 0. The van der Waals surface area contributed by atoms with Crippen LogP contribution in [0, 0.1) is 20.8 Å². The molecule has 140 valence electrons. The summed E-state index contributed by atoms with van der Waals surface area (Å²) in [4.78, 5) is 27.8. The van der Waals surface area contributed by atoms with E-state index in [-0.39, 0.29) is 5.78 Å². The number of nitrogens with one attached hydrogen (secondary N) is 2. The summed E-state index contributed by atoms with van der Waals surface area (Å²) in [6, 6.07) is 2.99. The van der Waals surface area contributed by atoms with Crippen molar-refractivity contribution in [3.8, 4) is 5.75 Å². The normalized spacial score (nSPS) is 11.8. The topological polar surface area (TPSA) is 80.4 Å². The maximum Gasteiger partial charge on any atom is 0.339 e. The third-order valence-corrected chi connectivity index (χ3v) is 4.73. The van der Waals surface area contributed by atoms with Crippen molar-refractivity contribution in [3.63, 3.8) is 0 Å². The minimum Gasteiger partial charge on any atom is -0.495 e. The third-order valence-electron chi connectivity index (χ3n) is 4.32. The van der Waals surface area contributed by atoms with E-state index in [1.54, 1.807) is 33.9 Å². The molecule has 1 heterocycles. The number of esters is 1. The Morgan fingerprint density at radius 2 is 1.85 bits per heavy atom. The summed E-state index contributed by atoms with van der Waals surface area (Å²) in [5, 5.41) is 3.75. The summed E-state index contributed by atoms with van der Waals surface area (Å²) in [5.74, 6) is -0.0868. The smallest absolute Gasteiger partial charge is 0.339 e. The number of aromatic amines is 1. The van der Waals surface area contributed by atoms with Crippen LogP contribution in [-0.4, -0.2) is 37.0 Å². The van der Waals surface area contributed by atoms with Crippen molar-refractivity contribution in [2.45, 2.75) is 33.7 Å². The van der Waals surface area contributed by atoms with E-state index in [9.17, 15) is 9.59 Å². The van der Waals surface area contributed by atoms with E-state index in [2.05, 4.69) is 10.3 Å². The monoisotopic (exact) mass is 378 g/mol. The molecule has 2 aromatic rings. The Morgan fingerprint density at radius 1 is 1.19 bits per heavy atom. The number of halogens is 1. The number of ether oxygens (including phenoxy) is 2. The van der Waals surface area contributed by atoms with E-state index in [1.165, 1.54) is 7.11 Å². The first-order chi connectivity index (χ1) is 12.2. The van der Waals surface area contributed by atoms with E-state index in [4.69, 9.17) is 21.1 Å². The summed E-state index contributed by atoms with van der Waals surface area (Å²) >= 11 is 6.12. The Hall–Kier alpha value is -2.47. The number of anilines is 1. The fourth-order valence-electron chi connectivity index (χ4n) is 2.86. The van der Waals surface area contributed by atoms with Gasteiger partial charge in [0.2, 0.25) is 5.78 Å². The minimum atomic E-state index is -0.549. The van der Waals surface area contributed by atoms with Gasteiger partial charge in [0.25, 0.3) is 0 Å². The van der Waals surface area contributed by atoms with Crippen LogP contribution in [0.4, 0.5) is 5.69 Å². The van der Waals surface area contributed by atoms with Crippen LogP contribution >= 0.6 is 11.6 Å². The molecule has 0 saturated heterocycles. The third kappa shape index (κ3) is 3.70. The highest BCUT2D eigenvalue weighted by molar-refractivity contribution is 6.31. The number of benzene rings is 1. The number of Topliss-reactive ketones (excluding diaryl/α,β-unsaturated/α-hetero) is 1. The van der Waals surface area contributed by atoms with E-state index in [1.807, 2.05) is 13.0 Å². The van der Waals surface area contributed by atoms with Crippen molar-refractivity contribution in [1.29, 1.82) is 0 Å². The highest BCUT2D eigenvalue weighted by Crippen LogP contribution is 2.32. The van der Waals surface area contributed by atoms with Crippen LogP contribution in [0.3, 0.4) is 0 Å². The highest BCUT2D eigenvalue weighted by atomic mass is 35.5. The van der Waals surface area contributed by atoms with Crippen LogP contribution in [0.15, 0.2) is 12.1 Å². The van der Waals surface area contributed by atoms with Gasteiger partial charge in [0, 0.05) is 16.8 Å². The number of methoxy groups -OCH3 is 2. The second-order valence-electron chi connectivity index (χ2n) is 6.15. The molecular formula is C19H23ClN2O4. The van der Waals surface area contributed by atoms with Gasteiger partial charge in [-0.15, -0.1) is 0 Å². The Bertz CT molecular complexity index is 858. The van der Waals surface area contributed by atoms with Gasteiger partial charge in [-0.05, 0) is 44.9 Å². The Kier molecular flexibility index (Phi) is 5.97. The van der Waals surface area contributed by atoms with Crippen LogP contribution in [0.25, 0.3) is 0 Å². The standard InChI is InChI=1S/C19H23ClN2O4/c1-9-7-14(15(25-5)8-13(9)20)21-12(4)18(23)17-10(2)16(11(3)22-17)19(24)26-6/h7-8,12,21-22H,1-6H3/t12-/m0/s1. The molecule has 0 amide bonds. The number of H-pyrrole nitrogens is 1. The zero-order valence-corrected chi connectivity index (χ0v) is 16.5. The second-order valence-corrected chi connectivity index (χ2v) is 6.56. The van der Waals surface area contributed by atoms with Gasteiger partial charge in [-0.25, -0.2) is 4.79 Å². The molecule has 0 saturated carbocycles. The summed E-state index contributed by atoms with van der Waals surface area (Å²) in [6.45, 7) is 7.09. The van der Waals surface area contributed by atoms with Crippen LogP contribution in [0.1, 0.15) is 44.6 Å². The quantitative estimate of drug-likeness (QED) is 0.585. The lowest BCUT2D eigenvalue weighted by molar-refractivity contribution is 0.0599. The lowest BCUT2D eigenvalue weighted by Gasteiger charge is -2.18. The molecule has 1 aromatic carbocycles. The van der Waals surface area contributed by atoms with Gasteiger partial charge in [0.05, 0.1) is 37.2 Å². The van der Waals surface area contributed by atoms with Gasteiger partial charge in [0.1, 0.15) is 5.75 Å². The Balaban J connectivity index is 2.32. The molecule has 1 atom stereocenters. The number of aryl methyl sites for hydroxylation is 2. The molecule has 0 radical (unpaired) electrons. The predicted molar refractivity (Wildman–Crippen MR) is 102 cm³/mol. The number of rotatable bonds is 6. The zero-order valence-electron chi connectivity index (χ0n) is 15.7. The van der Waals surface area contributed by atoms with E-state index < -0.39 is 12.0 Å². The largest absolute Gasteiger partial charge is 0.495 e. The number of hydrogen-bond acceptors (Lipinski definition) is 5. The second kappa shape index (κ2) is 7.83. The SMILES string of the molecule is COC(=O)c1c(C)[nH]c(C(=O)[C@H](C)Nc2cc(C)c(Cl)cc2OC)c1C. The van der Waals surface area contributed by atoms with E-state index in [0.29, 0.717) is 39.0 Å². The van der Waals surface area contributed by atoms with Gasteiger partial charge < -0.3 is 19.8 Å². The molecule has 0 aliphatic carbocycles. The molecule has 0 spiro atoms. The molecule has 6 nitrogen and oxygen atoms in total. The van der Waals surface area contributed by atoms with Crippen molar-refractivity contribution in [2.24, 2.45) is 0 Å². The molecule has 1 aromatic heterocycles. The number of carbonyl (C=O) groups is 2. The van der Waals surface area contributed by atoms with E-state index in [0.717, 1.165) is 5.56 Å². The Morgan fingerprint density at radius 3 is 2.42 bits per heavy atom. The maximum absolute atomic E-state index is 12.9. The molecule has 2 rings (SSSR count). The number of aromatic nitrogens is 1. The molecule has 0 bridgehead atoms. The molecule has 0 aliphatic heterocycles. The van der Waals surface area contributed by atoms with Crippen molar-refractivity contribution in [3.05, 3.63) is 45.2 Å². The summed E-state index contributed by atoms with van der Waals surface area (Å²) in [7, 11) is 2.86. The molecular weight excluding hydrogens is 356 g/mol. The van der Waals surface area contributed by atoms with Crippen LogP contribution in [-0.2, 0) is 4.74 Å². The van der Waals surface area contributed by atoms with Gasteiger partial charge in [0.15, 0.2) is 0 Å². The van der Waals surface area contributed by atoms with Crippen molar-refractivity contribution >= 4 is 29.0 Å². The molecule has 0 unspecified atom stereocenters. The highest BCUT2D eigenvalue weighted by Gasteiger charge is 2.26. The summed E-state index contributed by atoms with van der Waals surface area (Å²) < 4.78 is 10.1. The molecule has 7 heteroatoms. The lowest BCUT2D eigenvalue weighted by atomic mass is 10.0. The van der Waals surface area contributed by atoms with Crippen LogP contribution < -0.4 is 10.1 Å². The Labute approximate surface area is 157 Å². The first-order valence-electron chi connectivity index (χ1n) is 8.13. The average molecular weight is 379 g/mol. The van der Waals surface area contributed by atoms with Gasteiger partial charge in [-0.3, -0.25) is 4.79 Å².